The molecule has 1 heterocycles. The summed E-state index contributed by atoms with van der Waals surface area (Å²) in [5.74, 6) is 0.936. The van der Waals surface area contributed by atoms with Gasteiger partial charge >= 0.3 is 0 Å². The summed E-state index contributed by atoms with van der Waals surface area (Å²) in [5, 5.41) is 10.0. The number of hydrogen-bond acceptors (Lipinski definition) is 3. The van der Waals surface area contributed by atoms with E-state index in [1.54, 1.807) is 6.07 Å². The van der Waals surface area contributed by atoms with Gasteiger partial charge in [0.15, 0.2) is 0 Å². The van der Waals surface area contributed by atoms with Crippen molar-refractivity contribution in [2.24, 2.45) is 11.7 Å². The summed E-state index contributed by atoms with van der Waals surface area (Å²) in [4.78, 5) is 2.46. The van der Waals surface area contributed by atoms with E-state index in [2.05, 4.69) is 18.7 Å². The third kappa shape index (κ3) is 2.68. The number of nitrogens with zero attached hydrogens (tertiary/aromatic N) is 1. The molecule has 0 radical (unpaired) electrons. The molecule has 3 N–H and O–H groups in total. The highest BCUT2D eigenvalue weighted by Crippen LogP contribution is 2.33. The van der Waals surface area contributed by atoms with Gasteiger partial charge in [0, 0.05) is 30.7 Å². The second-order valence-electron chi connectivity index (χ2n) is 5.41. The Hall–Kier alpha value is -1.06. The maximum absolute atomic E-state index is 10.0. The Kier molecular flexibility index (Phi) is 4.25. The van der Waals surface area contributed by atoms with Gasteiger partial charge in [-0.3, -0.25) is 4.90 Å². The summed E-state index contributed by atoms with van der Waals surface area (Å²) in [6, 6.07) is 8.31. The number of para-hydroxylation sites is 1. The van der Waals surface area contributed by atoms with E-state index < -0.39 is 0 Å². The average Bonchev–Trinajstić information content (AvgIpc) is 2.37. The highest BCUT2D eigenvalue weighted by atomic mass is 16.3. The molecule has 3 unspecified atom stereocenters. The molecule has 0 aromatic heterocycles. The summed E-state index contributed by atoms with van der Waals surface area (Å²) >= 11 is 0. The van der Waals surface area contributed by atoms with E-state index in [9.17, 15) is 5.11 Å². The molecule has 2 rings (SSSR count). The van der Waals surface area contributed by atoms with Gasteiger partial charge in [0.2, 0.25) is 0 Å². The van der Waals surface area contributed by atoms with Crippen molar-refractivity contribution >= 4 is 0 Å². The molecular weight excluding hydrogens is 224 g/mol. The monoisotopic (exact) mass is 248 g/mol. The van der Waals surface area contributed by atoms with Crippen LogP contribution in [0.5, 0.6) is 5.75 Å². The lowest BCUT2D eigenvalue weighted by Gasteiger charge is -2.40. The van der Waals surface area contributed by atoms with E-state index in [1.165, 1.54) is 0 Å². The van der Waals surface area contributed by atoms with Gasteiger partial charge in [-0.15, -0.1) is 0 Å². The van der Waals surface area contributed by atoms with E-state index in [0.29, 0.717) is 23.8 Å². The molecule has 0 amide bonds. The Morgan fingerprint density at radius 2 is 2.17 bits per heavy atom. The minimum Gasteiger partial charge on any atom is -0.508 e. The molecule has 18 heavy (non-hydrogen) atoms. The summed E-state index contributed by atoms with van der Waals surface area (Å²) in [7, 11) is 0. The van der Waals surface area contributed by atoms with Crippen LogP contribution >= 0.6 is 0 Å². The molecule has 0 aliphatic carbocycles. The van der Waals surface area contributed by atoms with Gasteiger partial charge in [0.05, 0.1) is 0 Å². The van der Waals surface area contributed by atoms with E-state index >= 15 is 0 Å². The smallest absolute Gasteiger partial charge is 0.120 e. The first kappa shape index (κ1) is 13.4. The van der Waals surface area contributed by atoms with Crippen molar-refractivity contribution in [3.8, 4) is 5.75 Å². The Morgan fingerprint density at radius 1 is 1.44 bits per heavy atom. The standard InChI is InChI=1S/C15H24N2O/c1-3-14(12-6-4-5-7-15(12)18)17-9-8-13(16)11(2)10-17/h4-7,11,13-14,18H,3,8-10,16H2,1-2H3. The van der Waals surface area contributed by atoms with Crippen LogP contribution in [-0.2, 0) is 0 Å². The lowest BCUT2D eigenvalue weighted by Crippen LogP contribution is -2.47. The predicted octanol–water partition coefficient (Wildman–Crippen LogP) is 2.51. The fraction of sp³-hybridized carbons (Fsp3) is 0.600. The van der Waals surface area contributed by atoms with Gasteiger partial charge in [-0.25, -0.2) is 0 Å². The van der Waals surface area contributed by atoms with Crippen LogP contribution in [0.2, 0.25) is 0 Å². The minimum absolute atomic E-state index is 0.307. The van der Waals surface area contributed by atoms with Crippen LogP contribution in [0.25, 0.3) is 0 Å². The van der Waals surface area contributed by atoms with Crippen LogP contribution in [0.1, 0.15) is 38.3 Å². The largest absolute Gasteiger partial charge is 0.508 e. The number of nitrogens with two attached hydrogens (primary N) is 1. The predicted molar refractivity (Wildman–Crippen MR) is 74.5 cm³/mol. The Balaban J connectivity index is 2.17. The van der Waals surface area contributed by atoms with Crippen LogP contribution in [0.15, 0.2) is 24.3 Å². The van der Waals surface area contributed by atoms with Gasteiger partial charge in [0.25, 0.3) is 0 Å². The molecule has 1 aromatic rings. The zero-order valence-corrected chi connectivity index (χ0v) is 11.3. The lowest BCUT2D eigenvalue weighted by atomic mass is 9.91. The van der Waals surface area contributed by atoms with Gasteiger partial charge < -0.3 is 10.8 Å². The van der Waals surface area contributed by atoms with Gasteiger partial charge in [-0.2, -0.15) is 0 Å². The molecule has 3 nitrogen and oxygen atoms in total. The zero-order chi connectivity index (χ0) is 13.1. The molecule has 100 valence electrons. The van der Waals surface area contributed by atoms with E-state index in [1.807, 2.05) is 18.2 Å². The van der Waals surface area contributed by atoms with Gasteiger partial charge in [-0.1, -0.05) is 32.0 Å². The second kappa shape index (κ2) is 5.72. The van der Waals surface area contributed by atoms with Crippen LogP contribution in [0, 0.1) is 5.92 Å². The van der Waals surface area contributed by atoms with Gasteiger partial charge in [0.1, 0.15) is 5.75 Å². The summed E-state index contributed by atoms with van der Waals surface area (Å²) in [6.07, 6.45) is 2.06. The van der Waals surface area contributed by atoms with Crippen LogP contribution in [-0.4, -0.2) is 29.1 Å². The summed E-state index contributed by atoms with van der Waals surface area (Å²) in [5.41, 5.74) is 7.12. The number of hydrogen-bond donors (Lipinski definition) is 2. The van der Waals surface area contributed by atoms with Gasteiger partial charge in [-0.05, 0) is 24.8 Å². The van der Waals surface area contributed by atoms with Crippen molar-refractivity contribution in [1.29, 1.82) is 0 Å². The van der Waals surface area contributed by atoms with Crippen molar-refractivity contribution in [3.63, 3.8) is 0 Å². The molecular formula is C15H24N2O. The number of piperidine rings is 1. The lowest BCUT2D eigenvalue weighted by molar-refractivity contribution is 0.111. The molecule has 0 spiro atoms. The number of phenolic OH excluding ortho intramolecular Hbond substituents is 1. The molecule has 3 atom stereocenters. The topological polar surface area (TPSA) is 49.5 Å². The molecule has 1 saturated heterocycles. The number of benzene rings is 1. The fourth-order valence-corrected chi connectivity index (χ4v) is 2.92. The van der Waals surface area contributed by atoms with Crippen LogP contribution in [0.3, 0.4) is 0 Å². The quantitative estimate of drug-likeness (QED) is 0.864. The number of rotatable bonds is 3. The zero-order valence-electron chi connectivity index (χ0n) is 11.3. The van der Waals surface area contributed by atoms with Crippen molar-refractivity contribution in [3.05, 3.63) is 29.8 Å². The van der Waals surface area contributed by atoms with E-state index in [0.717, 1.165) is 31.5 Å². The van der Waals surface area contributed by atoms with E-state index in [4.69, 9.17) is 5.73 Å². The average molecular weight is 248 g/mol. The van der Waals surface area contributed by atoms with Crippen molar-refractivity contribution in [2.75, 3.05) is 13.1 Å². The van der Waals surface area contributed by atoms with Crippen molar-refractivity contribution in [1.82, 2.24) is 4.90 Å². The highest BCUT2D eigenvalue weighted by molar-refractivity contribution is 5.34. The second-order valence-corrected chi connectivity index (χ2v) is 5.41. The first-order valence-electron chi connectivity index (χ1n) is 6.91. The maximum atomic E-state index is 10.0. The summed E-state index contributed by atoms with van der Waals surface area (Å²) in [6.45, 7) is 6.44. The van der Waals surface area contributed by atoms with Crippen molar-refractivity contribution in [2.45, 2.75) is 38.8 Å². The highest BCUT2D eigenvalue weighted by Gasteiger charge is 2.28. The third-order valence-electron chi connectivity index (χ3n) is 4.13. The van der Waals surface area contributed by atoms with E-state index in [-0.39, 0.29) is 0 Å². The SMILES string of the molecule is CCC(c1ccccc1O)N1CCC(N)C(C)C1. The maximum Gasteiger partial charge on any atom is 0.120 e. The number of aromatic hydroxyl groups is 1. The normalized spacial score (nSPS) is 27.1. The Labute approximate surface area is 110 Å². The first-order chi connectivity index (χ1) is 8.63. The molecule has 1 aromatic carbocycles. The summed E-state index contributed by atoms with van der Waals surface area (Å²) < 4.78 is 0. The fourth-order valence-electron chi connectivity index (χ4n) is 2.92. The molecule has 3 heteroatoms. The first-order valence-corrected chi connectivity index (χ1v) is 6.91. The number of likely N-dealkylation sites (tertiary alicyclic amines) is 1. The molecule has 1 aliphatic heterocycles. The molecule has 0 saturated carbocycles. The van der Waals surface area contributed by atoms with Crippen LogP contribution < -0.4 is 5.73 Å². The molecule has 1 aliphatic rings. The number of phenols is 1. The third-order valence-corrected chi connectivity index (χ3v) is 4.13. The Morgan fingerprint density at radius 3 is 2.78 bits per heavy atom. The Bertz CT molecular complexity index is 394. The minimum atomic E-state index is 0.307. The molecule has 0 bridgehead atoms. The molecule has 1 fully saturated rings. The van der Waals surface area contributed by atoms with Crippen LogP contribution in [0.4, 0.5) is 0 Å². The van der Waals surface area contributed by atoms with Crippen molar-refractivity contribution < 1.29 is 5.11 Å².